The molecule has 4 N–H and O–H groups in total. The number of nitrogens with zero attached hydrogens (tertiary/aromatic N) is 5. The van der Waals surface area contributed by atoms with Crippen molar-refractivity contribution in [1.82, 2.24) is 19.9 Å². The quantitative estimate of drug-likeness (QED) is 0.453. The lowest BCUT2D eigenvalue weighted by Crippen LogP contribution is -2.42. The molecular weight excluding hydrogens is 457 g/mol. The number of nitrogens with two attached hydrogens (primary N) is 2. The molecule has 1 amide bonds. The van der Waals surface area contributed by atoms with E-state index >= 15 is 0 Å². The van der Waals surface area contributed by atoms with E-state index in [0.29, 0.717) is 28.3 Å². The summed E-state index contributed by atoms with van der Waals surface area (Å²) >= 11 is 0. The van der Waals surface area contributed by atoms with Crippen LogP contribution in [0.5, 0.6) is 0 Å². The smallest absolute Gasteiger partial charge is 0.253 e. The molecule has 4 aromatic rings. The van der Waals surface area contributed by atoms with Crippen LogP contribution in [0.3, 0.4) is 0 Å². The number of halogens is 1. The van der Waals surface area contributed by atoms with Crippen LogP contribution < -0.4 is 16.4 Å². The number of nitrogen functional groups attached to an aromatic ring is 1. The summed E-state index contributed by atoms with van der Waals surface area (Å²) in [4.78, 5) is 29.9. The third-order valence-electron chi connectivity index (χ3n) is 6.47. The summed E-state index contributed by atoms with van der Waals surface area (Å²) in [5, 5.41) is 0.924. The average molecular weight is 486 g/mol. The van der Waals surface area contributed by atoms with Gasteiger partial charge in [0, 0.05) is 61.6 Å². The van der Waals surface area contributed by atoms with Gasteiger partial charge in [0.25, 0.3) is 5.91 Å². The topological polar surface area (TPSA) is 114 Å². The second-order valence-electron chi connectivity index (χ2n) is 9.29. The van der Waals surface area contributed by atoms with Gasteiger partial charge in [0.15, 0.2) is 0 Å². The maximum atomic E-state index is 14.8. The van der Waals surface area contributed by atoms with Crippen molar-refractivity contribution in [3.8, 4) is 22.6 Å². The lowest BCUT2D eigenvalue weighted by atomic mass is 10.0. The van der Waals surface area contributed by atoms with Crippen molar-refractivity contribution < 1.29 is 9.18 Å². The Hall–Kier alpha value is -4.11. The van der Waals surface area contributed by atoms with Crippen molar-refractivity contribution in [2.45, 2.75) is 18.9 Å². The van der Waals surface area contributed by atoms with Crippen LogP contribution in [0.1, 0.15) is 23.2 Å². The molecule has 4 heterocycles. The van der Waals surface area contributed by atoms with E-state index in [1.807, 2.05) is 12.1 Å². The number of fused-ring (bicyclic) bond motifs is 1. The Morgan fingerprint density at radius 1 is 1.11 bits per heavy atom. The molecule has 0 bridgehead atoms. The zero-order chi connectivity index (χ0) is 25.4. The Balaban J connectivity index is 1.59. The first-order valence-corrected chi connectivity index (χ1v) is 11.9. The van der Waals surface area contributed by atoms with Crippen LogP contribution in [0.25, 0.3) is 33.5 Å². The Labute approximate surface area is 208 Å². The SMILES string of the molecule is CN(C)C(=O)c1ccc(F)c(-c2ccc(N)c(-c3cc4c(N5CCCC(N)C5)ccnc4cn3)n2)c1. The van der Waals surface area contributed by atoms with Gasteiger partial charge in [0.1, 0.15) is 11.5 Å². The zero-order valence-corrected chi connectivity index (χ0v) is 20.3. The van der Waals surface area contributed by atoms with Gasteiger partial charge in [-0.15, -0.1) is 0 Å². The van der Waals surface area contributed by atoms with Crippen LogP contribution in [-0.2, 0) is 0 Å². The Kier molecular flexibility index (Phi) is 6.24. The van der Waals surface area contributed by atoms with Crippen molar-refractivity contribution in [3.05, 3.63) is 66.2 Å². The van der Waals surface area contributed by atoms with Gasteiger partial charge in [-0.25, -0.2) is 9.37 Å². The van der Waals surface area contributed by atoms with Gasteiger partial charge in [-0.2, -0.15) is 0 Å². The van der Waals surface area contributed by atoms with E-state index in [9.17, 15) is 9.18 Å². The minimum absolute atomic E-state index is 0.127. The third-order valence-corrected chi connectivity index (χ3v) is 6.47. The molecule has 36 heavy (non-hydrogen) atoms. The van der Waals surface area contributed by atoms with E-state index < -0.39 is 5.82 Å². The number of benzene rings is 1. The standard InChI is InChI=1S/C27H28FN7O/c1-34(2)27(36)16-5-6-20(28)18(12-16)22-8-7-21(30)26(33-22)23-13-19-24(14-32-23)31-10-9-25(19)35-11-3-4-17(29)15-35/h5-10,12-14,17H,3-4,11,15,29-30H2,1-2H3. The van der Waals surface area contributed by atoms with E-state index in [-0.39, 0.29) is 17.5 Å². The average Bonchev–Trinajstić information content (AvgIpc) is 2.88. The minimum atomic E-state index is -0.479. The number of piperidine rings is 1. The van der Waals surface area contributed by atoms with Gasteiger partial charge >= 0.3 is 0 Å². The van der Waals surface area contributed by atoms with Gasteiger partial charge < -0.3 is 21.3 Å². The molecule has 9 heteroatoms. The van der Waals surface area contributed by atoms with Crippen LogP contribution in [0, 0.1) is 5.82 Å². The number of aromatic nitrogens is 3. The Morgan fingerprint density at radius 3 is 2.72 bits per heavy atom. The van der Waals surface area contributed by atoms with Gasteiger partial charge in [0.05, 0.1) is 28.8 Å². The molecule has 0 radical (unpaired) electrons. The summed E-state index contributed by atoms with van der Waals surface area (Å²) in [6.07, 6.45) is 5.51. The van der Waals surface area contributed by atoms with Gasteiger partial charge in [-0.05, 0) is 55.3 Å². The molecule has 3 aromatic heterocycles. The number of amides is 1. The van der Waals surface area contributed by atoms with E-state index in [2.05, 4.69) is 19.9 Å². The Bertz CT molecular complexity index is 1460. The van der Waals surface area contributed by atoms with Crippen molar-refractivity contribution >= 4 is 28.2 Å². The van der Waals surface area contributed by atoms with Gasteiger partial charge in [-0.1, -0.05) is 0 Å². The first-order valence-electron chi connectivity index (χ1n) is 11.9. The van der Waals surface area contributed by atoms with Crippen LogP contribution in [0.2, 0.25) is 0 Å². The van der Waals surface area contributed by atoms with E-state index in [1.54, 1.807) is 38.6 Å². The highest BCUT2D eigenvalue weighted by molar-refractivity contribution is 5.96. The van der Waals surface area contributed by atoms with Crippen LogP contribution in [0.4, 0.5) is 15.8 Å². The molecule has 8 nitrogen and oxygen atoms in total. The van der Waals surface area contributed by atoms with Gasteiger partial charge in [-0.3, -0.25) is 14.8 Å². The number of carbonyl (C=O) groups excluding carboxylic acids is 1. The van der Waals surface area contributed by atoms with E-state index in [1.165, 1.54) is 23.1 Å². The second kappa shape index (κ2) is 9.50. The molecule has 1 saturated heterocycles. The summed E-state index contributed by atoms with van der Waals surface area (Å²) in [5.74, 6) is -0.700. The first-order chi connectivity index (χ1) is 17.3. The van der Waals surface area contributed by atoms with Gasteiger partial charge in [0.2, 0.25) is 0 Å². The molecule has 1 atom stereocenters. The zero-order valence-electron chi connectivity index (χ0n) is 20.3. The van der Waals surface area contributed by atoms with Crippen LogP contribution in [-0.4, -0.2) is 59.0 Å². The molecule has 0 aliphatic carbocycles. The van der Waals surface area contributed by atoms with E-state index in [4.69, 9.17) is 11.5 Å². The predicted octanol–water partition coefficient (Wildman–Crippen LogP) is 3.71. The maximum Gasteiger partial charge on any atom is 0.253 e. The molecule has 1 fully saturated rings. The number of rotatable bonds is 4. The molecule has 0 spiro atoms. The van der Waals surface area contributed by atoms with Crippen molar-refractivity contribution in [3.63, 3.8) is 0 Å². The molecule has 184 valence electrons. The molecule has 1 aromatic carbocycles. The lowest BCUT2D eigenvalue weighted by Gasteiger charge is -2.33. The highest BCUT2D eigenvalue weighted by Crippen LogP contribution is 2.33. The van der Waals surface area contributed by atoms with Crippen molar-refractivity contribution in [2.24, 2.45) is 5.73 Å². The molecule has 1 aliphatic rings. The molecule has 1 unspecified atom stereocenters. The molecule has 0 saturated carbocycles. The largest absolute Gasteiger partial charge is 0.397 e. The first kappa shape index (κ1) is 23.6. The second-order valence-corrected chi connectivity index (χ2v) is 9.29. The maximum absolute atomic E-state index is 14.8. The number of pyridine rings is 3. The highest BCUT2D eigenvalue weighted by atomic mass is 19.1. The number of anilines is 2. The highest BCUT2D eigenvalue weighted by Gasteiger charge is 2.20. The van der Waals surface area contributed by atoms with Crippen LogP contribution in [0.15, 0.2) is 54.9 Å². The summed E-state index contributed by atoms with van der Waals surface area (Å²) in [6, 6.07) is 11.6. The number of hydrogen-bond acceptors (Lipinski definition) is 7. The van der Waals surface area contributed by atoms with Crippen molar-refractivity contribution in [2.75, 3.05) is 37.8 Å². The molecule has 5 rings (SSSR count). The number of carbonyl (C=O) groups is 1. The summed E-state index contributed by atoms with van der Waals surface area (Å²) < 4.78 is 14.8. The normalized spacial score (nSPS) is 15.8. The summed E-state index contributed by atoms with van der Waals surface area (Å²) in [5.41, 5.74) is 16.7. The Morgan fingerprint density at radius 2 is 1.94 bits per heavy atom. The van der Waals surface area contributed by atoms with Crippen LogP contribution >= 0.6 is 0 Å². The molecular formula is C27H28FN7O. The predicted molar refractivity (Wildman–Crippen MR) is 140 cm³/mol. The number of hydrogen-bond donors (Lipinski definition) is 2. The third kappa shape index (κ3) is 4.45. The summed E-state index contributed by atoms with van der Waals surface area (Å²) in [6.45, 7) is 1.69. The lowest BCUT2D eigenvalue weighted by molar-refractivity contribution is 0.0827. The fourth-order valence-corrected chi connectivity index (χ4v) is 4.61. The van der Waals surface area contributed by atoms with E-state index in [0.717, 1.165) is 42.5 Å². The van der Waals surface area contributed by atoms with Crippen molar-refractivity contribution in [1.29, 1.82) is 0 Å². The monoisotopic (exact) mass is 485 g/mol. The fourth-order valence-electron chi connectivity index (χ4n) is 4.61. The molecule has 1 aliphatic heterocycles. The summed E-state index contributed by atoms with van der Waals surface area (Å²) in [7, 11) is 3.30. The minimum Gasteiger partial charge on any atom is -0.397 e. The fraction of sp³-hybridized carbons (Fsp3) is 0.259.